The second-order valence-electron chi connectivity index (χ2n) is 10.3. The van der Waals surface area contributed by atoms with Gasteiger partial charge in [-0.2, -0.15) is 10.5 Å². The topological polar surface area (TPSA) is 118 Å². The number of fused-ring (bicyclic) bond motifs is 4. The Bertz CT molecular complexity index is 1520. The quantitative estimate of drug-likeness (QED) is 0.659. The number of nitrogens with two attached hydrogens (primary N) is 1. The first-order valence-corrected chi connectivity index (χ1v) is 12.1. The monoisotopic (exact) mass is 478 g/mol. The average molecular weight is 479 g/mol. The highest BCUT2D eigenvalue weighted by Gasteiger charge is 2.65. The number of benzene rings is 2. The maximum absolute atomic E-state index is 14.7. The van der Waals surface area contributed by atoms with E-state index >= 15 is 0 Å². The molecule has 4 aliphatic heterocycles. The van der Waals surface area contributed by atoms with Gasteiger partial charge in [-0.25, -0.2) is 0 Å². The second-order valence-corrected chi connectivity index (χ2v) is 10.3. The first-order chi connectivity index (χ1) is 17.2. The summed E-state index contributed by atoms with van der Waals surface area (Å²) in [4.78, 5) is 18.2. The van der Waals surface area contributed by atoms with Crippen molar-refractivity contribution in [1.82, 2.24) is 0 Å². The summed E-state index contributed by atoms with van der Waals surface area (Å²) < 4.78 is 5.92. The molecule has 2 atom stereocenters. The van der Waals surface area contributed by atoms with Crippen LogP contribution in [0.1, 0.15) is 51.2 Å². The van der Waals surface area contributed by atoms with Crippen LogP contribution in [0.2, 0.25) is 0 Å². The Labute approximate surface area is 209 Å². The molecule has 2 aromatic rings. The molecule has 36 heavy (non-hydrogen) atoms. The molecule has 4 heterocycles. The van der Waals surface area contributed by atoms with E-state index in [-0.39, 0.29) is 28.8 Å². The van der Waals surface area contributed by atoms with Crippen molar-refractivity contribution in [3.63, 3.8) is 0 Å². The summed E-state index contributed by atoms with van der Waals surface area (Å²) in [6, 6.07) is 15.9. The van der Waals surface area contributed by atoms with Crippen LogP contribution in [0.3, 0.4) is 0 Å². The molecule has 8 nitrogen and oxygen atoms in total. The lowest BCUT2D eigenvalue weighted by atomic mass is 9.67. The number of rotatable bonds is 2. The van der Waals surface area contributed by atoms with Crippen LogP contribution in [0.4, 0.5) is 17.1 Å². The van der Waals surface area contributed by atoms with Crippen LogP contribution in [-0.4, -0.2) is 18.1 Å². The Kier molecular flexibility index (Phi) is 4.32. The molecular formula is C28H26N6O2. The molecule has 8 heteroatoms. The van der Waals surface area contributed by atoms with Gasteiger partial charge in [-0.3, -0.25) is 9.69 Å². The van der Waals surface area contributed by atoms with Crippen LogP contribution < -0.4 is 25.6 Å². The summed E-state index contributed by atoms with van der Waals surface area (Å²) >= 11 is 0. The Morgan fingerprint density at radius 3 is 2.61 bits per heavy atom. The van der Waals surface area contributed by atoms with Gasteiger partial charge in [0.05, 0.1) is 34.8 Å². The van der Waals surface area contributed by atoms with Gasteiger partial charge in [0.15, 0.2) is 5.41 Å². The van der Waals surface area contributed by atoms with Crippen molar-refractivity contribution in [1.29, 1.82) is 10.5 Å². The van der Waals surface area contributed by atoms with Crippen LogP contribution >= 0.6 is 0 Å². The molecule has 0 radical (unpaired) electrons. The van der Waals surface area contributed by atoms with Crippen molar-refractivity contribution in [2.24, 2.45) is 5.73 Å². The van der Waals surface area contributed by atoms with Gasteiger partial charge >= 0.3 is 0 Å². The van der Waals surface area contributed by atoms with Crippen LogP contribution in [-0.2, 0) is 10.2 Å². The fraction of sp³-hybridized carbons (Fsp3) is 0.321. The third-order valence-electron chi connectivity index (χ3n) is 7.85. The zero-order valence-electron chi connectivity index (χ0n) is 20.6. The third-order valence-corrected chi connectivity index (χ3v) is 7.85. The van der Waals surface area contributed by atoms with Crippen molar-refractivity contribution in [2.75, 3.05) is 21.7 Å². The molecule has 2 aromatic carbocycles. The van der Waals surface area contributed by atoms with E-state index in [9.17, 15) is 15.3 Å². The number of ether oxygens (including phenoxy) is 1. The van der Waals surface area contributed by atoms with Gasteiger partial charge in [0.25, 0.3) is 0 Å². The first-order valence-electron chi connectivity index (χ1n) is 12.1. The predicted molar refractivity (Wildman–Crippen MR) is 136 cm³/mol. The van der Waals surface area contributed by atoms with Crippen LogP contribution in [0.25, 0.3) is 0 Å². The van der Waals surface area contributed by atoms with Crippen molar-refractivity contribution in [3.05, 3.63) is 70.3 Å². The molecule has 180 valence electrons. The van der Waals surface area contributed by atoms with Crippen LogP contribution in [0, 0.1) is 22.7 Å². The Morgan fingerprint density at radius 1 is 1.19 bits per heavy atom. The average Bonchev–Trinajstić information content (AvgIpc) is 3.34. The fourth-order valence-electron chi connectivity index (χ4n) is 6.57. The van der Waals surface area contributed by atoms with Gasteiger partial charge < -0.3 is 20.7 Å². The van der Waals surface area contributed by atoms with Crippen molar-refractivity contribution < 1.29 is 9.53 Å². The smallest absolute Gasteiger partial charge is 0.249 e. The number of carbonyl (C=O) groups excluding carboxylic acids is 1. The van der Waals surface area contributed by atoms with E-state index in [1.54, 1.807) is 9.80 Å². The molecular weight excluding hydrogens is 452 g/mol. The molecule has 0 unspecified atom stereocenters. The van der Waals surface area contributed by atoms with Crippen LogP contribution in [0.15, 0.2) is 59.2 Å². The van der Waals surface area contributed by atoms with Crippen molar-refractivity contribution in [2.45, 2.75) is 51.0 Å². The molecule has 6 rings (SSSR count). The number of amides is 1. The van der Waals surface area contributed by atoms with Gasteiger partial charge in [0.1, 0.15) is 29.5 Å². The summed E-state index contributed by atoms with van der Waals surface area (Å²) in [5.41, 5.74) is 8.51. The number of nitriles is 2. The van der Waals surface area contributed by atoms with E-state index in [1.165, 1.54) is 0 Å². The lowest BCUT2D eigenvalue weighted by molar-refractivity contribution is -0.122. The maximum Gasteiger partial charge on any atom is 0.249 e. The Morgan fingerprint density at radius 2 is 1.92 bits per heavy atom. The first kappa shape index (κ1) is 22.1. The minimum absolute atomic E-state index is 0.0556. The summed E-state index contributed by atoms with van der Waals surface area (Å²) in [6.45, 7) is 8.54. The van der Waals surface area contributed by atoms with E-state index in [4.69, 9.17) is 10.5 Å². The largest absolute Gasteiger partial charge is 0.494 e. The number of para-hydroxylation sites is 2. The van der Waals surface area contributed by atoms with Gasteiger partial charge in [0.2, 0.25) is 5.91 Å². The van der Waals surface area contributed by atoms with E-state index in [2.05, 4.69) is 24.4 Å². The van der Waals surface area contributed by atoms with Gasteiger partial charge in [0, 0.05) is 11.1 Å². The number of hydrogen-bond acceptors (Lipinski definition) is 7. The summed E-state index contributed by atoms with van der Waals surface area (Å²) in [5, 5.41) is 24.5. The molecule has 4 aliphatic rings. The molecule has 0 saturated carbocycles. The van der Waals surface area contributed by atoms with E-state index < -0.39 is 11.0 Å². The van der Waals surface area contributed by atoms with Crippen molar-refractivity contribution in [3.8, 4) is 17.9 Å². The van der Waals surface area contributed by atoms with Gasteiger partial charge in [-0.1, -0.05) is 19.1 Å². The highest BCUT2D eigenvalue weighted by molar-refractivity contribution is 6.17. The lowest BCUT2D eigenvalue weighted by Gasteiger charge is -2.44. The summed E-state index contributed by atoms with van der Waals surface area (Å²) in [7, 11) is 0. The minimum Gasteiger partial charge on any atom is -0.494 e. The number of anilines is 3. The third kappa shape index (κ3) is 2.39. The second kappa shape index (κ2) is 7.05. The predicted octanol–water partition coefficient (Wildman–Crippen LogP) is 4.33. The summed E-state index contributed by atoms with van der Waals surface area (Å²) in [6.07, 6.45) is 0.728. The van der Waals surface area contributed by atoms with E-state index in [1.807, 2.05) is 57.2 Å². The van der Waals surface area contributed by atoms with Gasteiger partial charge in [-0.15, -0.1) is 0 Å². The maximum atomic E-state index is 14.7. The SMILES string of the molecule is CCOc1cc2c3c(c1)[C@@]1(C(=O)N3C(C)(C)C[C@H]2C)C(C#N)=C(N)N2C(=C1C#N)Nc1ccccc12. The molecule has 0 aliphatic carbocycles. The number of nitrogens with zero attached hydrogens (tertiary/aromatic N) is 4. The standard InChI is InChI=1S/C28H26N6O2/c1-5-36-16-10-17-15(2)12-27(3,4)34-23(17)18(11-16)28(26(34)35)19(13-29)24(31)33-22-9-7-6-8-21(22)32-25(33)20(28)14-30/h6-11,15,32H,5,12,31H2,1-4H3/t15-,28-/m1/s1. The summed E-state index contributed by atoms with van der Waals surface area (Å²) in [5.74, 6) is 0.969. The molecule has 0 aromatic heterocycles. The highest BCUT2D eigenvalue weighted by atomic mass is 16.5. The lowest BCUT2D eigenvalue weighted by Crippen LogP contribution is -2.55. The van der Waals surface area contributed by atoms with Crippen LogP contribution in [0.5, 0.6) is 5.75 Å². The number of carbonyl (C=O) groups is 1. The van der Waals surface area contributed by atoms with E-state index in [0.717, 1.165) is 29.0 Å². The molecule has 0 saturated heterocycles. The molecule has 1 spiro atoms. The van der Waals surface area contributed by atoms with Gasteiger partial charge in [-0.05, 0) is 62.9 Å². The minimum atomic E-state index is -1.67. The highest BCUT2D eigenvalue weighted by Crippen LogP contribution is 2.62. The molecule has 1 amide bonds. The fourth-order valence-corrected chi connectivity index (χ4v) is 6.57. The van der Waals surface area contributed by atoms with Crippen molar-refractivity contribution >= 4 is 23.0 Å². The molecule has 0 bridgehead atoms. The zero-order chi connectivity index (χ0) is 25.6. The Hall–Kier alpha value is -4.43. The zero-order valence-corrected chi connectivity index (χ0v) is 20.6. The Balaban J connectivity index is 1.76. The van der Waals surface area contributed by atoms with E-state index in [0.29, 0.717) is 23.7 Å². The molecule has 0 fully saturated rings. The number of nitrogens with one attached hydrogen (secondary N) is 1. The normalized spacial score (nSPS) is 24.7. The number of hydrogen-bond donors (Lipinski definition) is 2. The molecule has 3 N–H and O–H groups in total.